The van der Waals surface area contributed by atoms with Crippen LogP contribution >= 0.6 is 0 Å². The number of ether oxygens (including phenoxy) is 2. The fraction of sp³-hybridized carbons (Fsp3) is 0.455. The molecule has 1 rings (SSSR count). The lowest BCUT2D eigenvalue weighted by Gasteiger charge is -2.09. The quantitative estimate of drug-likeness (QED) is 0.803. The van der Waals surface area contributed by atoms with E-state index in [0.29, 0.717) is 12.4 Å². The highest BCUT2D eigenvalue weighted by molar-refractivity contribution is 5.41. The van der Waals surface area contributed by atoms with Crippen LogP contribution in [-0.2, 0) is 11.3 Å². The van der Waals surface area contributed by atoms with Gasteiger partial charge >= 0.3 is 0 Å². The molecule has 0 saturated carbocycles. The smallest absolute Gasteiger partial charge is 0.160 e. The van der Waals surface area contributed by atoms with E-state index in [2.05, 4.69) is 0 Å². The predicted octanol–water partition coefficient (Wildman–Crippen LogP) is 2.33. The normalized spacial score (nSPS) is 10.6. The van der Waals surface area contributed by atoms with Crippen LogP contribution < -0.4 is 4.74 Å². The van der Waals surface area contributed by atoms with E-state index < -0.39 is 0 Å². The van der Waals surface area contributed by atoms with Gasteiger partial charge in [-0.25, -0.2) is 0 Å². The Balaban J connectivity index is 2.69. The first-order valence-corrected chi connectivity index (χ1v) is 4.61. The van der Waals surface area contributed by atoms with Crippen molar-refractivity contribution in [2.75, 3.05) is 7.11 Å². The highest BCUT2D eigenvalue weighted by atomic mass is 16.5. The average molecular weight is 196 g/mol. The number of benzene rings is 1. The molecule has 1 N–H and O–H groups in total. The minimum absolute atomic E-state index is 0.154. The molecule has 0 spiro atoms. The maximum Gasteiger partial charge on any atom is 0.160 e. The maximum absolute atomic E-state index is 9.35. The molecule has 0 aliphatic carbocycles. The molecule has 3 heteroatoms. The van der Waals surface area contributed by atoms with Gasteiger partial charge in [-0.05, 0) is 31.5 Å². The molecule has 1 aromatic carbocycles. The summed E-state index contributed by atoms with van der Waals surface area (Å²) >= 11 is 0. The first-order chi connectivity index (χ1) is 6.63. The molecule has 0 radical (unpaired) electrons. The van der Waals surface area contributed by atoms with Gasteiger partial charge in [0.05, 0.1) is 19.8 Å². The Morgan fingerprint density at radius 1 is 1.36 bits per heavy atom. The molecule has 0 saturated heterocycles. The molecule has 0 aromatic heterocycles. The summed E-state index contributed by atoms with van der Waals surface area (Å²) in [5.41, 5.74) is 0.994. The third kappa shape index (κ3) is 2.92. The number of phenolic OH excluding ortho intramolecular Hbond substituents is 1. The third-order valence-corrected chi connectivity index (χ3v) is 1.83. The van der Waals surface area contributed by atoms with Crippen LogP contribution in [0.15, 0.2) is 18.2 Å². The van der Waals surface area contributed by atoms with E-state index in [-0.39, 0.29) is 11.9 Å². The van der Waals surface area contributed by atoms with Crippen LogP contribution in [0.5, 0.6) is 11.5 Å². The molecule has 0 amide bonds. The van der Waals surface area contributed by atoms with Gasteiger partial charge in [-0.3, -0.25) is 0 Å². The van der Waals surface area contributed by atoms with E-state index in [4.69, 9.17) is 9.47 Å². The van der Waals surface area contributed by atoms with Crippen molar-refractivity contribution in [2.24, 2.45) is 0 Å². The van der Waals surface area contributed by atoms with Crippen molar-refractivity contribution in [1.29, 1.82) is 0 Å². The summed E-state index contributed by atoms with van der Waals surface area (Å²) in [6.45, 7) is 4.50. The Kier molecular flexibility index (Phi) is 3.77. The largest absolute Gasteiger partial charge is 0.504 e. The molecule has 0 bridgehead atoms. The molecule has 0 fully saturated rings. The molecule has 0 aliphatic heterocycles. The van der Waals surface area contributed by atoms with Crippen LogP contribution in [0.4, 0.5) is 0 Å². The number of hydrogen-bond acceptors (Lipinski definition) is 3. The number of phenols is 1. The van der Waals surface area contributed by atoms with Gasteiger partial charge in [0, 0.05) is 0 Å². The molecule has 0 atom stereocenters. The standard InChI is InChI=1S/C11H16O3/c1-8(2)14-7-9-4-5-10(12)11(6-9)13-3/h4-6,8,12H,7H2,1-3H3. The van der Waals surface area contributed by atoms with Gasteiger partial charge in [-0.2, -0.15) is 0 Å². The van der Waals surface area contributed by atoms with Crippen molar-refractivity contribution in [3.05, 3.63) is 23.8 Å². The van der Waals surface area contributed by atoms with E-state index >= 15 is 0 Å². The number of methoxy groups -OCH3 is 1. The topological polar surface area (TPSA) is 38.7 Å². The zero-order valence-electron chi connectivity index (χ0n) is 8.78. The van der Waals surface area contributed by atoms with Gasteiger partial charge in [0.2, 0.25) is 0 Å². The fourth-order valence-corrected chi connectivity index (χ4v) is 1.07. The Morgan fingerprint density at radius 3 is 2.64 bits per heavy atom. The van der Waals surface area contributed by atoms with Crippen molar-refractivity contribution in [3.8, 4) is 11.5 Å². The summed E-state index contributed by atoms with van der Waals surface area (Å²) in [6.07, 6.45) is 0.204. The Labute approximate surface area is 84.3 Å². The van der Waals surface area contributed by atoms with E-state index in [9.17, 15) is 5.11 Å². The molecule has 0 unspecified atom stereocenters. The van der Waals surface area contributed by atoms with Gasteiger partial charge < -0.3 is 14.6 Å². The lowest BCUT2D eigenvalue weighted by molar-refractivity contribution is 0.0656. The minimum atomic E-state index is 0.154. The summed E-state index contributed by atoms with van der Waals surface area (Å²) in [6, 6.07) is 5.20. The van der Waals surface area contributed by atoms with Gasteiger partial charge in [0.1, 0.15) is 0 Å². The first-order valence-electron chi connectivity index (χ1n) is 4.61. The van der Waals surface area contributed by atoms with Crippen LogP contribution in [0.1, 0.15) is 19.4 Å². The number of aromatic hydroxyl groups is 1. The summed E-state index contributed by atoms with van der Waals surface area (Å²) in [7, 11) is 1.53. The van der Waals surface area contributed by atoms with Crippen LogP contribution in [-0.4, -0.2) is 18.3 Å². The Hall–Kier alpha value is -1.22. The maximum atomic E-state index is 9.35. The second kappa shape index (κ2) is 4.86. The van der Waals surface area contributed by atoms with Gasteiger partial charge in [-0.15, -0.1) is 0 Å². The van der Waals surface area contributed by atoms with Crippen molar-refractivity contribution in [2.45, 2.75) is 26.6 Å². The van der Waals surface area contributed by atoms with Crippen molar-refractivity contribution >= 4 is 0 Å². The average Bonchev–Trinajstić information content (AvgIpc) is 2.16. The van der Waals surface area contributed by atoms with Crippen molar-refractivity contribution in [3.63, 3.8) is 0 Å². The van der Waals surface area contributed by atoms with Crippen LogP contribution in [0.3, 0.4) is 0 Å². The summed E-state index contributed by atoms with van der Waals surface area (Å²) < 4.78 is 10.4. The Bertz CT molecular complexity index is 295. The highest BCUT2D eigenvalue weighted by Crippen LogP contribution is 2.26. The third-order valence-electron chi connectivity index (χ3n) is 1.83. The summed E-state index contributed by atoms with van der Waals surface area (Å²) in [5, 5.41) is 9.35. The number of rotatable bonds is 4. The van der Waals surface area contributed by atoms with Crippen LogP contribution in [0.2, 0.25) is 0 Å². The van der Waals surface area contributed by atoms with E-state index in [1.165, 1.54) is 7.11 Å². The van der Waals surface area contributed by atoms with Crippen molar-refractivity contribution in [1.82, 2.24) is 0 Å². The molecule has 3 nitrogen and oxygen atoms in total. The molecule has 14 heavy (non-hydrogen) atoms. The molecule has 1 aromatic rings. The van der Waals surface area contributed by atoms with Crippen LogP contribution in [0.25, 0.3) is 0 Å². The zero-order valence-corrected chi connectivity index (χ0v) is 8.78. The number of hydrogen-bond donors (Lipinski definition) is 1. The van der Waals surface area contributed by atoms with Gasteiger partial charge in [-0.1, -0.05) is 6.07 Å². The summed E-state index contributed by atoms with van der Waals surface area (Å²) in [5.74, 6) is 0.635. The molecular formula is C11H16O3. The lowest BCUT2D eigenvalue weighted by atomic mass is 10.2. The van der Waals surface area contributed by atoms with Gasteiger partial charge in [0.15, 0.2) is 11.5 Å². The highest BCUT2D eigenvalue weighted by Gasteiger charge is 2.03. The zero-order chi connectivity index (χ0) is 10.6. The predicted molar refractivity (Wildman–Crippen MR) is 54.6 cm³/mol. The minimum Gasteiger partial charge on any atom is -0.504 e. The van der Waals surface area contributed by atoms with E-state index in [1.54, 1.807) is 12.1 Å². The second-order valence-corrected chi connectivity index (χ2v) is 3.37. The SMILES string of the molecule is COc1cc(COC(C)C)ccc1O. The molecule has 78 valence electrons. The lowest BCUT2D eigenvalue weighted by Crippen LogP contribution is -2.02. The van der Waals surface area contributed by atoms with Crippen molar-refractivity contribution < 1.29 is 14.6 Å². The molecule has 0 heterocycles. The molecule has 0 aliphatic rings. The monoisotopic (exact) mass is 196 g/mol. The van der Waals surface area contributed by atoms with E-state index in [1.807, 2.05) is 19.9 Å². The fourth-order valence-electron chi connectivity index (χ4n) is 1.07. The Morgan fingerprint density at radius 2 is 2.07 bits per heavy atom. The molecular weight excluding hydrogens is 180 g/mol. The van der Waals surface area contributed by atoms with Gasteiger partial charge in [0.25, 0.3) is 0 Å². The van der Waals surface area contributed by atoms with Crippen LogP contribution in [0, 0.1) is 0 Å². The first kappa shape index (κ1) is 10.9. The second-order valence-electron chi connectivity index (χ2n) is 3.37. The summed E-state index contributed by atoms with van der Waals surface area (Å²) in [4.78, 5) is 0. The van der Waals surface area contributed by atoms with E-state index in [0.717, 1.165) is 5.56 Å².